The molecule has 2 aromatic heterocycles. The number of morpholine rings is 1. The summed E-state index contributed by atoms with van der Waals surface area (Å²) in [6, 6.07) is 0. The molecule has 3 heterocycles. The van der Waals surface area contributed by atoms with Crippen molar-refractivity contribution in [3.05, 3.63) is 18.7 Å². The van der Waals surface area contributed by atoms with Gasteiger partial charge in [-0.2, -0.15) is 0 Å². The molecule has 1 saturated heterocycles. The minimum absolute atomic E-state index is 0.785. The van der Waals surface area contributed by atoms with Crippen LogP contribution in [0, 0.1) is 0 Å². The Bertz CT molecular complexity index is 510. The molecule has 3 rings (SSSR count). The van der Waals surface area contributed by atoms with Crippen LogP contribution in [0.25, 0.3) is 0 Å². The number of ether oxygens (including phenoxy) is 1. The summed E-state index contributed by atoms with van der Waals surface area (Å²) in [5.41, 5.74) is 0. The van der Waals surface area contributed by atoms with Crippen molar-refractivity contribution in [2.75, 3.05) is 37.0 Å². The highest BCUT2D eigenvalue weighted by atomic mass is 32.2. The molecule has 0 N–H and O–H groups in total. The first-order valence-electron chi connectivity index (χ1n) is 6.66. The zero-order valence-electron chi connectivity index (χ0n) is 11.1. The third-order valence-corrected chi connectivity index (χ3v) is 5.23. The SMILES string of the molecule is c1cn(CCCSc2nnc(N3CCOCC3)s2)cn1. The van der Waals surface area contributed by atoms with E-state index in [0.717, 1.165) is 54.5 Å². The number of anilines is 1. The fourth-order valence-electron chi connectivity index (χ4n) is 1.97. The third kappa shape index (κ3) is 3.71. The van der Waals surface area contributed by atoms with Crippen molar-refractivity contribution in [2.45, 2.75) is 17.3 Å². The molecule has 0 saturated carbocycles. The minimum atomic E-state index is 0.785. The molecule has 1 aliphatic heterocycles. The summed E-state index contributed by atoms with van der Waals surface area (Å²) in [5, 5.41) is 9.55. The lowest BCUT2D eigenvalue weighted by molar-refractivity contribution is 0.122. The molecule has 6 nitrogen and oxygen atoms in total. The Hall–Kier alpha value is -1.12. The van der Waals surface area contributed by atoms with Crippen molar-refractivity contribution in [1.82, 2.24) is 19.7 Å². The monoisotopic (exact) mass is 311 g/mol. The van der Waals surface area contributed by atoms with Crippen molar-refractivity contribution >= 4 is 28.2 Å². The van der Waals surface area contributed by atoms with Crippen LogP contribution < -0.4 is 4.90 Å². The topological polar surface area (TPSA) is 56.1 Å². The van der Waals surface area contributed by atoms with E-state index in [1.165, 1.54) is 0 Å². The van der Waals surface area contributed by atoms with Crippen LogP contribution in [0.3, 0.4) is 0 Å². The van der Waals surface area contributed by atoms with Crippen molar-refractivity contribution in [1.29, 1.82) is 0 Å². The smallest absolute Gasteiger partial charge is 0.209 e. The van der Waals surface area contributed by atoms with Gasteiger partial charge >= 0.3 is 0 Å². The summed E-state index contributed by atoms with van der Waals surface area (Å²) < 4.78 is 8.49. The van der Waals surface area contributed by atoms with Gasteiger partial charge in [-0.25, -0.2) is 4.98 Å². The highest BCUT2D eigenvalue weighted by Crippen LogP contribution is 2.28. The summed E-state index contributed by atoms with van der Waals surface area (Å²) in [6.07, 6.45) is 6.76. The summed E-state index contributed by atoms with van der Waals surface area (Å²) in [5.74, 6) is 1.05. The van der Waals surface area contributed by atoms with Gasteiger partial charge in [-0.15, -0.1) is 10.2 Å². The molecule has 1 aliphatic rings. The van der Waals surface area contributed by atoms with E-state index in [1.807, 2.05) is 18.7 Å². The van der Waals surface area contributed by atoms with Gasteiger partial charge in [0.2, 0.25) is 5.13 Å². The van der Waals surface area contributed by atoms with Gasteiger partial charge in [-0.1, -0.05) is 23.1 Å². The maximum Gasteiger partial charge on any atom is 0.209 e. The summed E-state index contributed by atoms with van der Waals surface area (Å²) in [6.45, 7) is 4.40. The van der Waals surface area contributed by atoms with Crippen LogP contribution in [0.4, 0.5) is 5.13 Å². The van der Waals surface area contributed by atoms with Gasteiger partial charge in [0, 0.05) is 37.8 Å². The number of thioether (sulfide) groups is 1. The summed E-state index contributed by atoms with van der Waals surface area (Å²) >= 11 is 3.46. The lowest BCUT2D eigenvalue weighted by Crippen LogP contribution is -2.36. The fraction of sp³-hybridized carbons (Fsp3) is 0.583. The molecule has 0 spiro atoms. The Morgan fingerprint density at radius 3 is 3.00 bits per heavy atom. The Kier molecular flexibility index (Phi) is 4.88. The second-order valence-electron chi connectivity index (χ2n) is 4.45. The Labute approximate surface area is 126 Å². The molecule has 0 aromatic carbocycles. The van der Waals surface area contributed by atoms with E-state index in [4.69, 9.17) is 4.74 Å². The van der Waals surface area contributed by atoms with Crippen molar-refractivity contribution in [2.24, 2.45) is 0 Å². The second kappa shape index (κ2) is 7.05. The highest BCUT2D eigenvalue weighted by molar-refractivity contribution is 8.01. The van der Waals surface area contributed by atoms with E-state index in [9.17, 15) is 0 Å². The van der Waals surface area contributed by atoms with Gasteiger partial charge in [-0.05, 0) is 6.42 Å². The Morgan fingerprint density at radius 1 is 1.30 bits per heavy atom. The summed E-state index contributed by atoms with van der Waals surface area (Å²) in [7, 11) is 0. The van der Waals surface area contributed by atoms with E-state index in [0.29, 0.717) is 0 Å². The predicted molar refractivity (Wildman–Crippen MR) is 80.5 cm³/mol. The molecule has 0 amide bonds. The van der Waals surface area contributed by atoms with Crippen LogP contribution in [0.5, 0.6) is 0 Å². The predicted octanol–water partition coefficient (Wildman–Crippen LogP) is 1.75. The van der Waals surface area contributed by atoms with Crippen molar-refractivity contribution in [3.8, 4) is 0 Å². The molecule has 0 atom stereocenters. The van der Waals surface area contributed by atoms with Gasteiger partial charge < -0.3 is 14.2 Å². The van der Waals surface area contributed by atoms with E-state index < -0.39 is 0 Å². The molecule has 0 unspecified atom stereocenters. The zero-order chi connectivity index (χ0) is 13.6. The summed E-state index contributed by atoms with van der Waals surface area (Å²) in [4.78, 5) is 6.28. The molecule has 0 bridgehead atoms. The number of aryl methyl sites for hydroxylation is 1. The lowest BCUT2D eigenvalue weighted by atomic mass is 10.5. The van der Waals surface area contributed by atoms with Crippen LogP contribution in [-0.2, 0) is 11.3 Å². The zero-order valence-corrected chi connectivity index (χ0v) is 12.8. The first kappa shape index (κ1) is 13.8. The van der Waals surface area contributed by atoms with Crippen LogP contribution >= 0.6 is 23.1 Å². The number of hydrogen-bond acceptors (Lipinski definition) is 7. The van der Waals surface area contributed by atoms with E-state index >= 15 is 0 Å². The fourth-order valence-corrected chi connectivity index (χ4v) is 3.86. The van der Waals surface area contributed by atoms with Crippen LogP contribution in [0.1, 0.15) is 6.42 Å². The molecular weight excluding hydrogens is 294 g/mol. The molecule has 0 aliphatic carbocycles. The normalized spacial score (nSPS) is 15.7. The van der Waals surface area contributed by atoms with E-state index in [1.54, 1.807) is 23.1 Å². The van der Waals surface area contributed by atoms with Gasteiger partial charge in [0.15, 0.2) is 4.34 Å². The number of hydrogen-bond donors (Lipinski definition) is 0. The van der Waals surface area contributed by atoms with Crippen molar-refractivity contribution in [3.63, 3.8) is 0 Å². The van der Waals surface area contributed by atoms with Crippen LogP contribution in [0.15, 0.2) is 23.1 Å². The molecule has 20 heavy (non-hydrogen) atoms. The average molecular weight is 311 g/mol. The molecule has 0 radical (unpaired) electrons. The average Bonchev–Trinajstić information content (AvgIpc) is 3.16. The molecule has 8 heteroatoms. The molecule has 2 aromatic rings. The van der Waals surface area contributed by atoms with Gasteiger partial charge in [0.05, 0.1) is 19.5 Å². The third-order valence-electron chi connectivity index (χ3n) is 3.02. The van der Waals surface area contributed by atoms with E-state index in [-0.39, 0.29) is 0 Å². The number of imidazole rings is 1. The molecule has 108 valence electrons. The number of rotatable bonds is 6. The first-order chi connectivity index (χ1) is 9.92. The quantitative estimate of drug-likeness (QED) is 0.598. The maximum atomic E-state index is 5.34. The largest absolute Gasteiger partial charge is 0.378 e. The highest BCUT2D eigenvalue weighted by Gasteiger charge is 2.15. The van der Waals surface area contributed by atoms with Crippen LogP contribution in [-0.4, -0.2) is 51.8 Å². The van der Waals surface area contributed by atoms with Gasteiger partial charge in [-0.3, -0.25) is 0 Å². The molecule has 1 fully saturated rings. The first-order valence-corrected chi connectivity index (χ1v) is 8.47. The lowest BCUT2D eigenvalue weighted by Gasteiger charge is -2.25. The van der Waals surface area contributed by atoms with E-state index in [2.05, 4.69) is 24.6 Å². The number of aromatic nitrogens is 4. The maximum absolute atomic E-state index is 5.34. The molecular formula is C12H17N5OS2. The van der Waals surface area contributed by atoms with Gasteiger partial charge in [0.25, 0.3) is 0 Å². The van der Waals surface area contributed by atoms with Crippen LogP contribution in [0.2, 0.25) is 0 Å². The number of nitrogens with zero attached hydrogens (tertiary/aromatic N) is 5. The Balaban J connectivity index is 1.42. The van der Waals surface area contributed by atoms with Gasteiger partial charge in [0.1, 0.15) is 0 Å². The minimum Gasteiger partial charge on any atom is -0.378 e. The Morgan fingerprint density at radius 2 is 2.20 bits per heavy atom. The van der Waals surface area contributed by atoms with Crippen molar-refractivity contribution < 1.29 is 4.74 Å². The second-order valence-corrected chi connectivity index (χ2v) is 6.75. The standard InChI is InChI=1S/C12H17N5OS2/c1(3-16-4-2-13-10-16)9-19-12-15-14-11(20-12)17-5-7-18-8-6-17/h2,4,10H,1,3,5-9H2.